The minimum atomic E-state index is -3.75. The number of carbonyl (C=O) groups excluding carboxylic acids is 1. The molecule has 0 radical (unpaired) electrons. The number of thioether (sulfide) groups is 1. The van der Waals surface area contributed by atoms with Crippen LogP contribution in [0.5, 0.6) is 0 Å². The number of aryl methyl sites for hydroxylation is 1. The van der Waals surface area contributed by atoms with E-state index >= 15 is 0 Å². The maximum Gasteiger partial charge on any atom is 0.263 e. The predicted octanol–water partition coefficient (Wildman–Crippen LogP) is 3.11. The number of hydrogen-bond donors (Lipinski definition) is 2. The maximum atomic E-state index is 12.3. The zero-order chi connectivity index (χ0) is 19.3. The first-order valence-electron chi connectivity index (χ1n) is 7.75. The molecule has 3 aromatic rings. The summed E-state index contributed by atoms with van der Waals surface area (Å²) in [5, 5.41) is 11.1. The average Bonchev–Trinajstić information content (AvgIpc) is 3.27. The Hall–Kier alpha value is -2.37. The molecule has 142 valence electrons. The molecule has 2 N–H and O–H groups in total. The number of aromatic nitrogens is 2. The number of sulfonamides is 1. The van der Waals surface area contributed by atoms with Gasteiger partial charge in [-0.25, -0.2) is 8.42 Å². The fourth-order valence-electron chi connectivity index (χ4n) is 2.07. The molecule has 0 atom stereocenters. The van der Waals surface area contributed by atoms with Gasteiger partial charge in [-0.05, 0) is 43.3 Å². The Morgan fingerprint density at radius 3 is 2.63 bits per heavy atom. The molecule has 2 aromatic heterocycles. The average molecular weight is 425 g/mol. The highest BCUT2D eigenvalue weighted by molar-refractivity contribution is 7.99. The van der Waals surface area contributed by atoms with Crippen molar-refractivity contribution in [1.29, 1.82) is 0 Å². The molecular formula is C16H16N4O4S3. The molecule has 27 heavy (non-hydrogen) atoms. The zero-order valence-corrected chi connectivity index (χ0v) is 16.7. The monoisotopic (exact) mass is 424 g/mol. The number of anilines is 2. The van der Waals surface area contributed by atoms with E-state index in [1.165, 1.54) is 36.0 Å². The molecule has 11 heteroatoms. The van der Waals surface area contributed by atoms with Crippen LogP contribution in [-0.2, 0) is 20.6 Å². The summed E-state index contributed by atoms with van der Waals surface area (Å²) in [7, 11) is -3.75. The van der Waals surface area contributed by atoms with Gasteiger partial charge in [-0.3, -0.25) is 9.52 Å². The Balaban J connectivity index is 1.53. The van der Waals surface area contributed by atoms with Crippen molar-refractivity contribution in [3.63, 3.8) is 0 Å². The molecule has 0 unspecified atom stereocenters. The molecular weight excluding hydrogens is 408 g/mol. The Morgan fingerprint density at radius 2 is 2.00 bits per heavy atom. The summed E-state index contributed by atoms with van der Waals surface area (Å²) >= 11 is 2.57. The van der Waals surface area contributed by atoms with Crippen molar-refractivity contribution in [2.75, 3.05) is 15.8 Å². The van der Waals surface area contributed by atoms with Gasteiger partial charge in [0.15, 0.2) is 0 Å². The molecule has 2 heterocycles. The largest absolute Gasteiger partial charge is 0.468 e. The van der Waals surface area contributed by atoms with Crippen LogP contribution < -0.4 is 10.0 Å². The second-order valence-electron chi connectivity index (χ2n) is 5.38. The van der Waals surface area contributed by atoms with Gasteiger partial charge in [-0.1, -0.05) is 11.3 Å². The van der Waals surface area contributed by atoms with Crippen LogP contribution in [0.1, 0.15) is 10.8 Å². The van der Waals surface area contributed by atoms with Gasteiger partial charge in [0.1, 0.15) is 10.8 Å². The lowest BCUT2D eigenvalue weighted by Crippen LogP contribution is -2.15. The van der Waals surface area contributed by atoms with Crippen molar-refractivity contribution in [3.8, 4) is 0 Å². The van der Waals surface area contributed by atoms with Crippen LogP contribution >= 0.6 is 23.1 Å². The van der Waals surface area contributed by atoms with Gasteiger partial charge in [0, 0.05) is 5.69 Å². The molecule has 8 nitrogen and oxygen atoms in total. The van der Waals surface area contributed by atoms with Gasteiger partial charge in [0.25, 0.3) is 10.0 Å². The van der Waals surface area contributed by atoms with Crippen LogP contribution in [0.2, 0.25) is 0 Å². The van der Waals surface area contributed by atoms with E-state index in [4.69, 9.17) is 4.42 Å². The number of nitrogens with zero attached hydrogens (tertiary/aromatic N) is 2. The van der Waals surface area contributed by atoms with Crippen molar-refractivity contribution in [3.05, 3.63) is 53.4 Å². The third-order valence-corrected chi connectivity index (χ3v) is 6.45. The van der Waals surface area contributed by atoms with E-state index in [9.17, 15) is 13.2 Å². The first-order valence-corrected chi connectivity index (χ1v) is 11.2. The van der Waals surface area contributed by atoms with E-state index in [2.05, 4.69) is 20.2 Å². The molecule has 0 aliphatic carbocycles. The van der Waals surface area contributed by atoms with E-state index in [0.717, 1.165) is 17.1 Å². The van der Waals surface area contributed by atoms with E-state index in [0.29, 0.717) is 16.4 Å². The van der Waals surface area contributed by atoms with Gasteiger partial charge >= 0.3 is 0 Å². The molecule has 1 amide bonds. The molecule has 0 spiro atoms. The first-order chi connectivity index (χ1) is 12.9. The predicted molar refractivity (Wildman–Crippen MR) is 105 cm³/mol. The molecule has 0 aliphatic heterocycles. The number of amides is 1. The van der Waals surface area contributed by atoms with E-state index in [1.807, 2.05) is 6.07 Å². The maximum absolute atomic E-state index is 12.3. The molecule has 1 aromatic carbocycles. The number of rotatable bonds is 8. The van der Waals surface area contributed by atoms with Gasteiger partial charge in [0.2, 0.25) is 11.0 Å². The van der Waals surface area contributed by atoms with E-state index in [1.54, 1.807) is 19.3 Å². The lowest BCUT2D eigenvalue weighted by Gasteiger charge is -2.07. The van der Waals surface area contributed by atoms with Crippen molar-refractivity contribution >= 4 is 49.8 Å². The third-order valence-electron chi connectivity index (χ3n) is 3.25. The molecule has 0 saturated heterocycles. The highest BCUT2D eigenvalue weighted by Crippen LogP contribution is 2.21. The second-order valence-corrected chi connectivity index (χ2v) is 9.23. The molecule has 0 aliphatic rings. The van der Waals surface area contributed by atoms with Crippen LogP contribution in [0.4, 0.5) is 10.8 Å². The topological polar surface area (TPSA) is 114 Å². The Kier molecular flexibility index (Phi) is 6.14. The summed E-state index contributed by atoms with van der Waals surface area (Å²) in [5.41, 5.74) is 0.518. The van der Waals surface area contributed by atoms with Gasteiger partial charge in [-0.2, -0.15) is 0 Å². The fourth-order valence-corrected chi connectivity index (χ4v) is 4.61. The number of furan rings is 1. The smallest absolute Gasteiger partial charge is 0.263 e. The van der Waals surface area contributed by atoms with Crippen molar-refractivity contribution in [1.82, 2.24) is 10.2 Å². The molecule has 0 bridgehead atoms. The Labute approximate surface area is 164 Å². The lowest BCUT2D eigenvalue weighted by molar-refractivity contribution is -0.113. The normalized spacial score (nSPS) is 11.3. The van der Waals surface area contributed by atoms with Crippen LogP contribution in [-0.4, -0.2) is 30.3 Å². The summed E-state index contributed by atoms with van der Waals surface area (Å²) in [6, 6.07) is 9.56. The Morgan fingerprint density at radius 1 is 1.22 bits per heavy atom. The lowest BCUT2D eigenvalue weighted by atomic mass is 10.3. The van der Waals surface area contributed by atoms with Crippen LogP contribution in [0, 0.1) is 6.92 Å². The van der Waals surface area contributed by atoms with E-state index < -0.39 is 10.0 Å². The van der Waals surface area contributed by atoms with Crippen LogP contribution in [0.3, 0.4) is 0 Å². The highest BCUT2D eigenvalue weighted by Gasteiger charge is 2.16. The summed E-state index contributed by atoms with van der Waals surface area (Å²) in [6.07, 6.45) is 1.59. The number of nitrogens with one attached hydrogen (secondary N) is 2. The number of hydrogen-bond acceptors (Lipinski definition) is 8. The quantitative estimate of drug-likeness (QED) is 0.571. The van der Waals surface area contributed by atoms with Crippen molar-refractivity contribution in [2.24, 2.45) is 0 Å². The highest BCUT2D eigenvalue weighted by atomic mass is 32.2. The van der Waals surface area contributed by atoms with Crippen molar-refractivity contribution in [2.45, 2.75) is 17.6 Å². The summed E-state index contributed by atoms with van der Waals surface area (Å²) in [5.74, 6) is 1.50. The van der Waals surface area contributed by atoms with E-state index in [-0.39, 0.29) is 21.7 Å². The van der Waals surface area contributed by atoms with Crippen LogP contribution in [0.15, 0.2) is 52.0 Å². The van der Waals surface area contributed by atoms with Gasteiger partial charge in [0.05, 0.1) is 22.7 Å². The fraction of sp³-hybridized carbons (Fsp3) is 0.188. The number of benzene rings is 1. The first kappa shape index (κ1) is 19.4. The number of carbonyl (C=O) groups is 1. The zero-order valence-electron chi connectivity index (χ0n) is 14.2. The molecule has 3 rings (SSSR count). The minimum absolute atomic E-state index is 0.0700. The second kappa shape index (κ2) is 8.55. The minimum Gasteiger partial charge on any atom is -0.468 e. The van der Waals surface area contributed by atoms with Gasteiger partial charge in [-0.15, -0.1) is 22.0 Å². The van der Waals surface area contributed by atoms with Crippen LogP contribution in [0.25, 0.3) is 0 Å². The van der Waals surface area contributed by atoms with Crippen molar-refractivity contribution < 1.29 is 17.6 Å². The Bertz CT molecular complexity index is 999. The standard InChI is InChI=1S/C16H16N4O4S3/c1-11-18-19-16(26-11)20-27(22,23)14-6-4-12(5-7-14)17-15(21)10-25-9-13-3-2-8-24-13/h2-8H,9-10H2,1H3,(H,17,21)(H,19,20). The summed E-state index contributed by atoms with van der Waals surface area (Å²) < 4.78 is 32.2. The molecule has 0 fully saturated rings. The SMILES string of the molecule is Cc1nnc(NS(=O)(=O)c2ccc(NC(=O)CSCc3ccco3)cc2)s1. The third kappa shape index (κ3) is 5.55. The summed E-state index contributed by atoms with van der Waals surface area (Å²) in [6.45, 7) is 1.74. The summed E-state index contributed by atoms with van der Waals surface area (Å²) in [4.78, 5) is 12.0. The van der Waals surface area contributed by atoms with Gasteiger partial charge < -0.3 is 9.73 Å². The molecule has 0 saturated carbocycles.